The van der Waals surface area contributed by atoms with Crippen molar-refractivity contribution in [3.8, 4) is 17.2 Å². The first kappa shape index (κ1) is 23.6. The molecule has 0 saturated carbocycles. The average molecular weight is 466 g/mol. The summed E-state index contributed by atoms with van der Waals surface area (Å²) < 4.78 is 0. The largest absolute Gasteiger partial charge is 0.436 e. The zero-order chi connectivity index (χ0) is 24.8. The molecule has 1 saturated heterocycles. The highest BCUT2D eigenvalue weighted by atomic mass is 16.7. The van der Waals surface area contributed by atoms with Crippen molar-refractivity contribution in [2.75, 3.05) is 13.1 Å². The predicted molar refractivity (Wildman–Crippen MR) is 131 cm³/mol. The van der Waals surface area contributed by atoms with Crippen molar-refractivity contribution in [2.24, 2.45) is 5.16 Å². The number of aryl methyl sites for hydroxylation is 1. The summed E-state index contributed by atoms with van der Waals surface area (Å²) in [5.74, 6) is -0.744. The second-order valence-corrected chi connectivity index (χ2v) is 8.24. The highest BCUT2D eigenvalue weighted by Crippen LogP contribution is 2.24. The molecule has 3 aromatic carbocycles. The Morgan fingerprint density at radius 1 is 0.886 bits per heavy atom. The number of carbonyl (C=O) groups is 3. The summed E-state index contributed by atoms with van der Waals surface area (Å²) in [7, 11) is 0. The molecular formula is C28H23N3O4. The van der Waals surface area contributed by atoms with Crippen LogP contribution < -0.4 is 0 Å². The zero-order valence-corrected chi connectivity index (χ0v) is 19.2. The van der Waals surface area contributed by atoms with Gasteiger partial charge in [0.2, 0.25) is 11.5 Å². The summed E-state index contributed by atoms with van der Waals surface area (Å²) in [6, 6.07) is 22.9. The van der Waals surface area contributed by atoms with E-state index < -0.39 is 17.6 Å². The average Bonchev–Trinajstić information content (AvgIpc) is 3.44. The smallest absolute Gasteiger partial charge is 0.306 e. The zero-order valence-electron chi connectivity index (χ0n) is 19.2. The Hall–Kier alpha value is -4.57. The van der Waals surface area contributed by atoms with E-state index in [1.807, 2.05) is 37.3 Å². The van der Waals surface area contributed by atoms with Gasteiger partial charge in [0.1, 0.15) is 6.07 Å². The van der Waals surface area contributed by atoms with Gasteiger partial charge >= 0.3 is 6.09 Å². The molecule has 0 unspecified atom stereocenters. The Morgan fingerprint density at radius 3 is 2.17 bits per heavy atom. The number of nitrogens with zero attached hydrogens (tertiary/aromatic N) is 3. The maximum absolute atomic E-state index is 13.0. The van der Waals surface area contributed by atoms with Crippen LogP contribution in [0.4, 0.5) is 4.79 Å². The molecule has 0 aromatic heterocycles. The van der Waals surface area contributed by atoms with Crippen LogP contribution >= 0.6 is 0 Å². The fourth-order valence-corrected chi connectivity index (χ4v) is 3.95. The van der Waals surface area contributed by atoms with Gasteiger partial charge < -0.3 is 4.90 Å². The van der Waals surface area contributed by atoms with Crippen LogP contribution in [0.2, 0.25) is 0 Å². The third kappa shape index (κ3) is 5.33. The predicted octanol–water partition coefficient (Wildman–Crippen LogP) is 5.19. The molecule has 0 N–H and O–H groups in total. The Bertz CT molecular complexity index is 1360. The van der Waals surface area contributed by atoms with E-state index >= 15 is 0 Å². The van der Waals surface area contributed by atoms with Crippen LogP contribution in [-0.4, -0.2) is 41.4 Å². The first-order valence-electron chi connectivity index (χ1n) is 11.3. The van der Waals surface area contributed by atoms with Crippen LogP contribution in [-0.2, 0) is 4.84 Å². The topological polar surface area (TPSA) is 99.8 Å². The highest BCUT2D eigenvalue weighted by molar-refractivity contribution is 6.51. The molecule has 7 nitrogen and oxygen atoms in total. The van der Waals surface area contributed by atoms with Gasteiger partial charge in [0, 0.05) is 29.8 Å². The van der Waals surface area contributed by atoms with Crippen LogP contribution in [0.5, 0.6) is 0 Å². The van der Waals surface area contributed by atoms with E-state index in [0.29, 0.717) is 29.8 Å². The summed E-state index contributed by atoms with van der Waals surface area (Å²) in [6.45, 7) is 3.03. The summed E-state index contributed by atoms with van der Waals surface area (Å²) in [6.07, 6.45) is 1.09. The van der Waals surface area contributed by atoms with E-state index in [4.69, 9.17) is 4.84 Å². The summed E-state index contributed by atoms with van der Waals surface area (Å²) in [5, 5.41) is 12.9. The second kappa shape index (κ2) is 10.6. The number of Topliss-reactive ketones (excluding diaryl/α,β-unsaturated/α-hetero) is 1. The normalized spacial score (nSPS) is 13.3. The molecule has 4 rings (SSSR count). The number of oxime groups is 1. The number of hydrogen-bond acceptors (Lipinski definition) is 6. The Labute approximate surface area is 203 Å². The first-order chi connectivity index (χ1) is 17.0. The lowest BCUT2D eigenvalue weighted by atomic mass is 9.95. The van der Waals surface area contributed by atoms with Gasteiger partial charge in [0.05, 0.1) is 0 Å². The number of carbonyl (C=O) groups excluding carboxylic acids is 3. The van der Waals surface area contributed by atoms with Gasteiger partial charge in [-0.05, 0) is 48.6 Å². The van der Waals surface area contributed by atoms with Crippen molar-refractivity contribution < 1.29 is 19.2 Å². The lowest BCUT2D eigenvalue weighted by Gasteiger charge is -2.11. The van der Waals surface area contributed by atoms with Crippen LogP contribution in [0, 0.1) is 18.3 Å². The molecule has 0 bridgehead atoms. The van der Waals surface area contributed by atoms with Gasteiger partial charge in [-0.3, -0.25) is 14.4 Å². The molecule has 35 heavy (non-hydrogen) atoms. The molecule has 1 fully saturated rings. The fraction of sp³-hybridized carbons (Fsp3) is 0.179. The van der Waals surface area contributed by atoms with E-state index in [9.17, 15) is 19.6 Å². The molecule has 1 aliphatic rings. The van der Waals surface area contributed by atoms with Crippen molar-refractivity contribution in [3.05, 3.63) is 95.1 Å². The van der Waals surface area contributed by atoms with Crippen molar-refractivity contribution in [3.63, 3.8) is 0 Å². The molecule has 1 aliphatic heterocycles. The molecular weight excluding hydrogens is 442 g/mol. The summed E-state index contributed by atoms with van der Waals surface area (Å²) in [4.78, 5) is 44.2. The maximum atomic E-state index is 13.0. The lowest BCUT2D eigenvalue weighted by Crippen LogP contribution is -2.27. The molecule has 0 aliphatic carbocycles. The number of rotatable bonds is 6. The van der Waals surface area contributed by atoms with E-state index in [1.165, 1.54) is 4.90 Å². The Kier molecular flexibility index (Phi) is 7.12. The lowest BCUT2D eigenvalue weighted by molar-refractivity contribution is 0.103. The minimum atomic E-state index is -0.674. The van der Waals surface area contributed by atoms with Gasteiger partial charge in [-0.25, -0.2) is 4.79 Å². The summed E-state index contributed by atoms with van der Waals surface area (Å²) >= 11 is 0. The second-order valence-electron chi connectivity index (χ2n) is 8.24. The van der Waals surface area contributed by atoms with E-state index in [-0.39, 0.29) is 11.3 Å². The highest BCUT2D eigenvalue weighted by Gasteiger charge is 2.21. The van der Waals surface area contributed by atoms with Crippen molar-refractivity contribution in [1.29, 1.82) is 5.26 Å². The number of amides is 1. The van der Waals surface area contributed by atoms with Gasteiger partial charge in [0.15, 0.2) is 5.78 Å². The van der Waals surface area contributed by atoms with E-state index in [0.717, 1.165) is 24.0 Å². The van der Waals surface area contributed by atoms with Crippen LogP contribution in [0.15, 0.2) is 78.0 Å². The Balaban J connectivity index is 1.56. The molecule has 0 radical (unpaired) electrons. The molecule has 1 amide bonds. The van der Waals surface area contributed by atoms with Crippen LogP contribution in [0.25, 0.3) is 11.1 Å². The molecule has 7 heteroatoms. The molecule has 3 aromatic rings. The summed E-state index contributed by atoms with van der Waals surface area (Å²) in [5.41, 5.74) is 3.20. The minimum absolute atomic E-state index is 0.0871. The monoisotopic (exact) mass is 465 g/mol. The van der Waals surface area contributed by atoms with Gasteiger partial charge in [0.25, 0.3) is 0 Å². The number of likely N-dealkylation sites (tertiary alicyclic amines) is 1. The van der Waals surface area contributed by atoms with Crippen molar-refractivity contribution in [1.82, 2.24) is 4.90 Å². The molecule has 174 valence electrons. The van der Waals surface area contributed by atoms with Crippen LogP contribution in [0.1, 0.15) is 44.7 Å². The quantitative estimate of drug-likeness (QED) is 0.216. The first-order valence-corrected chi connectivity index (χ1v) is 11.3. The maximum Gasteiger partial charge on any atom is 0.436 e. The van der Waals surface area contributed by atoms with Crippen molar-refractivity contribution >= 4 is 23.4 Å². The Morgan fingerprint density at radius 2 is 1.51 bits per heavy atom. The van der Waals surface area contributed by atoms with Gasteiger partial charge in [-0.15, -0.1) is 0 Å². The molecule has 0 spiro atoms. The number of ketones is 2. The third-order valence-corrected chi connectivity index (χ3v) is 5.87. The van der Waals surface area contributed by atoms with Gasteiger partial charge in [-0.1, -0.05) is 65.8 Å². The number of nitriles is 1. The van der Waals surface area contributed by atoms with Gasteiger partial charge in [-0.2, -0.15) is 5.26 Å². The van der Waals surface area contributed by atoms with E-state index in [1.54, 1.807) is 48.5 Å². The molecule has 0 atom stereocenters. The number of hydrogen-bond donors (Lipinski definition) is 0. The minimum Gasteiger partial charge on any atom is -0.306 e. The standard InChI is InChI=1S/C28H23N3O4/c1-19-8-2-3-13-24(19)26(32)22-11-6-9-20(16-22)21-10-7-12-23(17-21)27(33)25(18-29)30-35-28(34)31-14-4-5-15-31/h2-3,6-13,16-17H,4-5,14-15H2,1H3/b30-25+. The SMILES string of the molecule is Cc1ccccc1C(=O)c1cccc(-c2cccc(C(=O)/C(C#N)=N/OC(=O)N3CCCC3)c2)c1. The molecule has 1 heterocycles. The number of benzene rings is 3. The van der Waals surface area contributed by atoms with Crippen LogP contribution in [0.3, 0.4) is 0 Å². The van der Waals surface area contributed by atoms with E-state index in [2.05, 4.69) is 5.16 Å². The van der Waals surface area contributed by atoms with Crippen molar-refractivity contribution in [2.45, 2.75) is 19.8 Å². The third-order valence-electron chi connectivity index (χ3n) is 5.87. The fourth-order valence-electron chi connectivity index (χ4n) is 3.95.